The van der Waals surface area contributed by atoms with Crippen molar-refractivity contribution in [1.29, 1.82) is 0 Å². The summed E-state index contributed by atoms with van der Waals surface area (Å²) in [6, 6.07) is 5.72. The van der Waals surface area contributed by atoms with Gasteiger partial charge in [0.15, 0.2) is 0 Å². The van der Waals surface area contributed by atoms with Gasteiger partial charge >= 0.3 is 12.1 Å². The summed E-state index contributed by atoms with van der Waals surface area (Å²) in [4.78, 5) is 35.0. The van der Waals surface area contributed by atoms with Gasteiger partial charge in [0, 0.05) is 24.8 Å². The molecule has 1 saturated heterocycles. The number of carbonyl (C=O) groups excluding carboxylic acids is 2. The third kappa shape index (κ3) is 4.24. The van der Waals surface area contributed by atoms with Crippen LogP contribution in [0.4, 0.5) is 25.4 Å². The molecule has 3 heterocycles. The van der Waals surface area contributed by atoms with Crippen LogP contribution in [-0.4, -0.2) is 46.7 Å². The van der Waals surface area contributed by atoms with E-state index in [1.54, 1.807) is 41.1 Å². The summed E-state index contributed by atoms with van der Waals surface area (Å²) >= 11 is 6.14. The van der Waals surface area contributed by atoms with Crippen molar-refractivity contribution < 1.29 is 18.7 Å². The number of pyridine rings is 1. The molecule has 1 atom stereocenters. The van der Waals surface area contributed by atoms with Crippen LogP contribution >= 0.6 is 11.6 Å². The predicted molar refractivity (Wildman–Crippen MR) is 121 cm³/mol. The van der Waals surface area contributed by atoms with Crippen LogP contribution in [-0.2, 0) is 11.3 Å². The zero-order chi connectivity index (χ0) is 23.2. The molecule has 0 aliphatic carbocycles. The van der Waals surface area contributed by atoms with E-state index in [2.05, 4.69) is 4.98 Å². The Morgan fingerprint density at radius 2 is 2.06 bits per heavy atom. The van der Waals surface area contributed by atoms with Crippen LogP contribution in [0.3, 0.4) is 0 Å². The Hall–Kier alpha value is -2.87. The molecule has 170 valence electrons. The second-order valence-corrected chi connectivity index (χ2v) is 9.54. The highest BCUT2D eigenvalue weighted by Gasteiger charge is 2.41. The number of nitrogens with zero attached hydrogens (tertiary/aromatic N) is 4. The van der Waals surface area contributed by atoms with Gasteiger partial charge in [-0.25, -0.2) is 19.0 Å². The van der Waals surface area contributed by atoms with E-state index < -0.39 is 17.5 Å². The van der Waals surface area contributed by atoms with Crippen LogP contribution < -0.4 is 9.80 Å². The number of fused-ring (bicyclic) bond motifs is 1. The molecular formula is C23H26ClFN4O3. The van der Waals surface area contributed by atoms with Gasteiger partial charge in [0.2, 0.25) is 0 Å². The number of hydrogen-bond acceptors (Lipinski definition) is 4. The number of rotatable bonds is 2. The molecular weight excluding hydrogens is 435 g/mol. The number of hydrogen-bond donors (Lipinski definition) is 0. The molecule has 4 rings (SSSR count). The Balaban J connectivity index is 1.69. The zero-order valence-corrected chi connectivity index (χ0v) is 19.3. The van der Waals surface area contributed by atoms with Crippen LogP contribution in [0.5, 0.6) is 0 Å². The highest BCUT2D eigenvalue weighted by molar-refractivity contribution is 6.29. The Morgan fingerprint density at radius 3 is 2.75 bits per heavy atom. The van der Waals surface area contributed by atoms with Gasteiger partial charge in [0.25, 0.3) is 0 Å². The lowest BCUT2D eigenvalue weighted by Gasteiger charge is -2.40. The second kappa shape index (κ2) is 8.24. The number of aryl methyl sites for hydroxylation is 1. The monoisotopic (exact) mass is 460 g/mol. The highest BCUT2D eigenvalue weighted by Crippen LogP contribution is 2.38. The molecule has 1 fully saturated rings. The van der Waals surface area contributed by atoms with Crippen molar-refractivity contribution in [3.8, 4) is 0 Å². The number of benzene rings is 1. The molecule has 9 heteroatoms. The number of para-hydroxylation sites is 1. The topological polar surface area (TPSA) is 66.0 Å². The maximum atomic E-state index is 14.8. The number of urea groups is 1. The van der Waals surface area contributed by atoms with Gasteiger partial charge in [-0.05, 0) is 51.8 Å². The van der Waals surface area contributed by atoms with E-state index in [1.807, 2.05) is 20.8 Å². The summed E-state index contributed by atoms with van der Waals surface area (Å²) in [6.45, 7) is 8.15. The summed E-state index contributed by atoms with van der Waals surface area (Å²) in [7, 11) is 0. The van der Waals surface area contributed by atoms with Gasteiger partial charge in [-0.3, -0.25) is 9.80 Å². The largest absolute Gasteiger partial charge is 0.444 e. The molecule has 0 unspecified atom stereocenters. The first-order chi connectivity index (χ1) is 15.0. The highest BCUT2D eigenvalue weighted by atomic mass is 35.5. The van der Waals surface area contributed by atoms with Gasteiger partial charge < -0.3 is 9.64 Å². The van der Waals surface area contributed by atoms with Crippen molar-refractivity contribution in [2.75, 3.05) is 22.9 Å². The van der Waals surface area contributed by atoms with Crippen molar-refractivity contribution in [2.24, 2.45) is 0 Å². The average Bonchev–Trinajstić information content (AvgIpc) is 3.17. The van der Waals surface area contributed by atoms with Gasteiger partial charge in [-0.1, -0.05) is 23.7 Å². The molecule has 32 heavy (non-hydrogen) atoms. The first-order valence-corrected chi connectivity index (χ1v) is 10.9. The summed E-state index contributed by atoms with van der Waals surface area (Å²) in [5.41, 5.74) is 1.68. The number of anilines is 2. The van der Waals surface area contributed by atoms with E-state index in [0.717, 1.165) is 5.56 Å². The zero-order valence-electron chi connectivity index (χ0n) is 18.6. The SMILES string of the molecule is Cc1cccc(F)c1N1Cc2cnc(Cl)cc2N([C@@H]2CCN(C(=O)OC(C)(C)C)C2)C1=O. The summed E-state index contributed by atoms with van der Waals surface area (Å²) in [6.07, 6.45) is 1.76. The van der Waals surface area contributed by atoms with E-state index in [-0.39, 0.29) is 29.5 Å². The molecule has 0 radical (unpaired) electrons. The maximum absolute atomic E-state index is 14.8. The number of halogens is 2. The Labute approximate surface area is 191 Å². The summed E-state index contributed by atoms with van der Waals surface area (Å²) in [5.74, 6) is -0.467. The quantitative estimate of drug-likeness (QED) is 0.582. The Bertz CT molecular complexity index is 1050. The second-order valence-electron chi connectivity index (χ2n) is 9.15. The van der Waals surface area contributed by atoms with Crippen LogP contribution in [0.25, 0.3) is 0 Å². The van der Waals surface area contributed by atoms with Crippen molar-refractivity contribution in [2.45, 2.75) is 52.3 Å². The van der Waals surface area contributed by atoms with Crippen LogP contribution in [0.15, 0.2) is 30.5 Å². The van der Waals surface area contributed by atoms with Crippen molar-refractivity contribution >= 4 is 35.1 Å². The fraction of sp³-hybridized carbons (Fsp3) is 0.435. The number of likely N-dealkylation sites (tertiary alicyclic amines) is 1. The first-order valence-electron chi connectivity index (χ1n) is 10.5. The third-order valence-corrected chi connectivity index (χ3v) is 5.80. The van der Waals surface area contributed by atoms with Gasteiger partial charge in [-0.2, -0.15) is 0 Å². The molecule has 0 saturated carbocycles. The smallest absolute Gasteiger partial charge is 0.410 e. The van der Waals surface area contributed by atoms with E-state index in [4.69, 9.17) is 16.3 Å². The first kappa shape index (κ1) is 22.3. The predicted octanol–water partition coefficient (Wildman–Crippen LogP) is 5.14. The lowest BCUT2D eigenvalue weighted by Crippen LogP contribution is -2.53. The molecule has 0 bridgehead atoms. The summed E-state index contributed by atoms with van der Waals surface area (Å²) in [5, 5.41) is 0.263. The lowest BCUT2D eigenvalue weighted by molar-refractivity contribution is 0.0292. The number of aromatic nitrogens is 1. The minimum atomic E-state index is -0.610. The lowest BCUT2D eigenvalue weighted by atomic mass is 10.1. The number of carbonyl (C=O) groups is 2. The third-order valence-electron chi connectivity index (χ3n) is 5.59. The van der Waals surface area contributed by atoms with Crippen LogP contribution in [0.2, 0.25) is 5.15 Å². The molecule has 2 aliphatic heterocycles. The Kier molecular flexibility index (Phi) is 5.75. The van der Waals surface area contributed by atoms with Crippen molar-refractivity contribution in [3.05, 3.63) is 52.6 Å². The van der Waals surface area contributed by atoms with E-state index >= 15 is 0 Å². The van der Waals surface area contributed by atoms with Gasteiger partial charge in [0.05, 0.1) is 24.0 Å². The minimum Gasteiger partial charge on any atom is -0.444 e. The number of ether oxygens (including phenoxy) is 1. The van der Waals surface area contributed by atoms with Crippen molar-refractivity contribution in [3.63, 3.8) is 0 Å². The molecule has 2 aromatic rings. The molecule has 2 aliphatic rings. The fourth-order valence-electron chi connectivity index (χ4n) is 4.20. The molecule has 1 aromatic carbocycles. The Morgan fingerprint density at radius 1 is 1.31 bits per heavy atom. The normalized spacial score (nSPS) is 18.8. The summed E-state index contributed by atoms with van der Waals surface area (Å²) < 4.78 is 20.2. The fourth-order valence-corrected chi connectivity index (χ4v) is 4.36. The van der Waals surface area contributed by atoms with Gasteiger partial charge in [0.1, 0.15) is 16.6 Å². The average molecular weight is 461 g/mol. The molecule has 0 spiro atoms. The van der Waals surface area contributed by atoms with Crippen molar-refractivity contribution in [1.82, 2.24) is 9.88 Å². The van der Waals surface area contributed by atoms with E-state index in [9.17, 15) is 14.0 Å². The molecule has 1 aromatic heterocycles. The number of amides is 3. The van der Waals surface area contributed by atoms with Crippen LogP contribution in [0, 0.1) is 12.7 Å². The maximum Gasteiger partial charge on any atom is 0.410 e. The molecule has 3 amide bonds. The molecule has 0 N–H and O–H groups in total. The van der Waals surface area contributed by atoms with E-state index in [0.29, 0.717) is 30.8 Å². The van der Waals surface area contributed by atoms with E-state index in [1.165, 1.54) is 11.0 Å². The van der Waals surface area contributed by atoms with Gasteiger partial charge in [-0.15, -0.1) is 0 Å². The molecule has 7 nitrogen and oxygen atoms in total. The minimum absolute atomic E-state index is 0.180. The van der Waals surface area contributed by atoms with Crippen LogP contribution in [0.1, 0.15) is 38.3 Å². The standard InChI is InChI=1S/C23H26ClFN4O3/c1-14-6-5-7-17(25)20(14)28-12-15-11-26-19(24)10-18(15)29(21(28)30)16-8-9-27(13-16)22(31)32-23(2,3)4/h5-7,10-11,16H,8-9,12-13H2,1-4H3/t16-/m1/s1.